The van der Waals surface area contributed by atoms with Gasteiger partial charge in [0.05, 0.1) is 52.2 Å². The number of hydrogen-bond donors (Lipinski definition) is 1. The average molecular weight is 849 g/mol. The van der Waals surface area contributed by atoms with Crippen LogP contribution in [0.1, 0.15) is 73.3 Å². The van der Waals surface area contributed by atoms with Gasteiger partial charge in [-0.05, 0) is 68.2 Å². The molecule has 5 aromatic rings. The Morgan fingerprint density at radius 2 is 0.984 bits per heavy atom. The first-order chi connectivity index (χ1) is 30.0. The van der Waals surface area contributed by atoms with Crippen molar-refractivity contribution in [1.29, 1.82) is 0 Å². The summed E-state index contributed by atoms with van der Waals surface area (Å²) >= 11 is 0. The number of aliphatic carboxylic acids is 1. The number of aryl methyl sites for hydroxylation is 1. The van der Waals surface area contributed by atoms with Crippen LogP contribution in [-0.2, 0) is 69.3 Å². The van der Waals surface area contributed by atoms with E-state index in [4.69, 9.17) is 28.5 Å². The fraction of sp³-hybridized carbons (Fsp3) is 0.314. The van der Waals surface area contributed by atoms with Crippen LogP contribution in [0.4, 0.5) is 0 Å². The maximum absolute atomic E-state index is 11.4. The predicted octanol–water partition coefficient (Wildman–Crippen LogP) is 9.50. The Balaban J connectivity index is 0.000000291. The Morgan fingerprint density at radius 3 is 1.35 bits per heavy atom. The van der Waals surface area contributed by atoms with Crippen molar-refractivity contribution in [3.8, 4) is 0 Å². The van der Waals surface area contributed by atoms with Crippen molar-refractivity contribution >= 4 is 29.6 Å². The van der Waals surface area contributed by atoms with Crippen LogP contribution in [0.5, 0.6) is 0 Å². The number of Topliss-reactive ketones (excluding diaryl/α,β-unsaturated/α-hetero) is 2. The largest absolute Gasteiger partial charge is 0.481 e. The van der Waals surface area contributed by atoms with E-state index < -0.39 is 11.9 Å². The average Bonchev–Trinajstić information content (AvgIpc) is 3.71. The molecular formula is C51H60O11. The molecule has 1 heterocycles. The number of carboxylic acid groups (broad SMARTS) is 1. The van der Waals surface area contributed by atoms with Crippen LogP contribution in [0.2, 0.25) is 0 Å². The fourth-order valence-corrected chi connectivity index (χ4v) is 5.44. The van der Waals surface area contributed by atoms with Gasteiger partial charge in [0.15, 0.2) is 5.78 Å². The molecule has 0 aliphatic rings. The van der Waals surface area contributed by atoms with Gasteiger partial charge < -0.3 is 42.9 Å². The second kappa shape index (κ2) is 32.6. The van der Waals surface area contributed by atoms with Crippen LogP contribution in [0, 0.1) is 12.8 Å². The number of carbonyl (C=O) groups excluding carboxylic acids is 4. The number of rotatable bonds is 23. The minimum absolute atomic E-state index is 0.00934. The summed E-state index contributed by atoms with van der Waals surface area (Å²) in [6.07, 6.45) is 4.46. The van der Waals surface area contributed by atoms with Crippen molar-refractivity contribution in [2.45, 2.75) is 72.9 Å². The van der Waals surface area contributed by atoms with E-state index in [2.05, 4.69) is 0 Å². The SMILES string of the molecule is CC(=O)/C=C/COCc1ccccc1.CC(=O)CC(COCc1ccccc1)C(=O)O.CC(=O)CC(COCc1ccccc1)c1ccc(C)o1.O=CCOCc1ccccc1. The maximum Gasteiger partial charge on any atom is 0.309 e. The number of furan rings is 1. The van der Waals surface area contributed by atoms with Gasteiger partial charge in [-0.3, -0.25) is 9.59 Å². The molecule has 11 heteroatoms. The number of benzene rings is 4. The lowest BCUT2D eigenvalue weighted by atomic mass is 10.0. The number of allylic oxidation sites excluding steroid dienone is 1. The first-order valence-electron chi connectivity index (χ1n) is 20.3. The lowest BCUT2D eigenvalue weighted by molar-refractivity contribution is -0.146. The van der Waals surface area contributed by atoms with Gasteiger partial charge in [-0.25, -0.2) is 0 Å². The highest BCUT2D eigenvalue weighted by Gasteiger charge is 2.20. The Bertz CT molecular complexity index is 1990. The number of hydrogen-bond acceptors (Lipinski definition) is 10. The van der Waals surface area contributed by atoms with Gasteiger partial charge in [-0.1, -0.05) is 127 Å². The molecule has 0 aliphatic heterocycles. The molecule has 62 heavy (non-hydrogen) atoms. The highest BCUT2D eigenvalue weighted by molar-refractivity contribution is 5.87. The smallest absolute Gasteiger partial charge is 0.309 e. The van der Waals surface area contributed by atoms with E-state index in [1.165, 1.54) is 19.9 Å². The molecule has 1 aromatic heterocycles. The van der Waals surface area contributed by atoms with Crippen molar-refractivity contribution in [2.24, 2.45) is 5.92 Å². The number of ketones is 3. The predicted molar refractivity (Wildman–Crippen MR) is 238 cm³/mol. The van der Waals surface area contributed by atoms with Crippen LogP contribution in [0.25, 0.3) is 0 Å². The molecule has 0 spiro atoms. The topological polar surface area (TPSA) is 156 Å². The molecular weight excluding hydrogens is 789 g/mol. The Morgan fingerprint density at radius 1 is 0.565 bits per heavy atom. The van der Waals surface area contributed by atoms with Gasteiger partial charge in [0.25, 0.3) is 0 Å². The van der Waals surface area contributed by atoms with Gasteiger partial charge >= 0.3 is 5.97 Å². The summed E-state index contributed by atoms with van der Waals surface area (Å²) < 4.78 is 27.0. The Hall–Kier alpha value is -6.11. The molecule has 0 fully saturated rings. The highest BCUT2D eigenvalue weighted by atomic mass is 16.5. The Labute approximate surface area is 365 Å². The normalized spacial score (nSPS) is 11.4. The van der Waals surface area contributed by atoms with Gasteiger partial charge in [-0.15, -0.1) is 0 Å². The number of carbonyl (C=O) groups is 5. The molecule has 1 N–H and O–H groups in total. The third-order valence-electron chi connectivity index (χ3n) is 8.42. The van der Waals surface area contributed by atoms with E-state index in [1.807, 2.05) is 140 Å². The van der Waals surface area contributed by atoms with Crippen molar-refractivity contribution in [2.75, 3.05) is 26.4 Å². The van der Waals surface area contributed by atoms with E-state index in [1.54, 1.807) is 13.0 Å². The third kappa shape index (κ3) is 26.2. The minimum atomic E-state index is -0.992. The van der Waals surface area contributed by atoms with Gasteiger partial charge in [0.1, 0.15) is 36.0 Å². The monoisotopic (exact) mass is 848 g/mol. The number of aldehydes is 1. The van der Waals surface area contributed by atoms with Gasteiger partial charge in [0, 0.05) is 18.8 Å². The van der Waals surface area contributed by atoms with E-state index in [9.17, 15) is 24.0 Å². The van der Waals surface area contributed by atoms with Crippen molar-refractivity contribution in [3.05, 3.63) is 179 Å². The van der Waals surface area contributed by atoms with E-state index in [0.717, 1.165) is 40.1 Å². The first-order valence-corrected chi connectivity index (χ1v) is 20.3. The number of ether oxygens (including phenoxy) is 4. The quantitative estimate of drug-likeness (QED) is 0.0380. The molecule has 0 radical (unpaired) electrons. The zero-order chi connectivity index (χ0) is 45.2. The molecule has 2 unspecified atom stereocenters. The van der Waals surface area contributed by atoms with E-state index in [0.29, 0.717) is 46.1 Å². The third-order valence-corrected chi connectivity index (χ3v) is 8.42. The first kappa shape index (κ1) is 52.0. The molecule has 11 nitrogen and oxygen atoms in total. The second-order valence-corrected chi connectivity index (χ2v) is 14.2. The molecule has 0 aliphatic carbocycles. The van der Waals surface area contributed by atoms with Crippen LogP contribution in [0.15, 0.2) is 150 Å². The summed E-state index contributed by atoms with van der Waals surface area (Å²) in [5, 5.41) is 8.89. The summed E-state index contributed by atoms with van der Waals surface area (Å²) in [4.78, 5) is 53.5. The zero-order valence-corrected chi connectivity index (χ0v) is 36.2. The summed E-state index contributed by atoms with van der Waals surface area (Å²) in [6.45, 7) is 9.62. The minimum Gasteiger partial charge on any atom is -0.481 e. The highest BCUT2D eigenvalue weighted by Crippen LogP contribution is 2.23. The van der Waals surface area contributed by atoms with Crippen LogP contribution >= 0.6 is 0 Å². The fourth-order valence-electron chi connectivity index (χ4n) is 5.44. The molecule has 5 rings (SSSR count). The second-order valence-electron chi connectivity index (χ2n) is 14.2. The molecule has 0 saturated carbocycles. The molecule has 330 valence electrons. The Kier molecular flexibility index (Phi) is 27.4. The van der Waals surface area contributed by atoms with Crippen molar-refractivity contribution in [3.63, 3.8) is 0 Å². The summed E-state index contributed by atoms with van der Waals surface area (Å²) in [7, 11) is 0. The molecule has 4 aromatic carbocycles. The molecule has 0 amide bonds. The van der Waals surface area contributed by atoms with E-state index in [-0.39, 0.29) is 42.9 Å². The zero-order valence-electron chi connectivity index (χ0n) is 36.2. The van der Waals surface area contributed by atoms with Crippen LogP contribution in [0.3, 0.4) is 0 Å². The maximum atomic E-state index is 11.4. The lowest BCUT2D eigenvalue weighted by Gasteiger charge is -2.13. The lowest BCUT2D eigenvalue weighted by Crippen LogP contribution is -2.22. The van der Waals surface area contributed by atoms with Gasteiger partial charge in [-0.2, -0.15) is 0 Å². The standard InChI is InChI=1S/C17H20O3.C13H16O4.C12H14O2.C9H10O2/c1-13(18)10-16(17-9-8-14(2)20-17)12-19-11-15-6-4-3-5-7-15;1-10(14)7-12(13(15)16)9-17-8-11-5-3-2-4-6-11;1-11(13)6-5-9-14-10-12-7-3-2-4-8-12;10-6-7-11-8-9-4-2-1-3-5-9/h3-9,16H,10-12H2,1-2H3;2-6,12H,7-9H2,1H3,(H,15,16);2-8H,9-10H2,1H3;1-6H,7-8H2/b;;6-5+;. The van der Waals surface area contributed by atoms with Gasteiger partial charge in [0.2, 0.25) is 0 Å². The van der Waals surface area contributed by atoms with Crippen LogP contribution in [-0.4, -0.2) is 61.1 Å². The molecule has 0 saturated heterocycles. The summed E-state index contributed by atoms with van der Waals surface area (Å²) in [6, 6.07) is 43.0. The number of carboxylic acids is 1. The molecule has 2 atom stereocenters. The summed E-state index contributed by atoms with van der Waals surface area (Å²) in [5.41, 5.74) is 4.35. The summed E-state index contributed by atoms with van der Waals surface area (Å²) in [5.74, 6) is -0.0156. The molecule has 0 bridgehead atoms. The van der Waals surface area contributed by atoms with E-state index >= 15 is 0 Å². The van der Waals surface area contributed by atoms with Crippen LogP contribution < -0.4 is 0 Å². The van der Waals surface area contributed by atoms with Crippen molar-refractivity contribution in [1.82, 2.24) is 0 Å². The van der Waals surface area contributed by atoms with Crippen molar-refractivity contribution < 1.29 is 52.4 Å².